The predicted molar refractivity (Wildman–Crippen MR) is 114 cm³/mol. The lowest BCUT2D eigenvalue weighted by Gasteiger charge is -2.32. The second-order valence-electron chi connectivity index (χ2n) is 6.74. The predicted octanol–water partition coefficient (Wildman–Crippen LogP) is 5.43. The van der Waals surface area contributed by atoms with Crippen molar-refractivity contribution in [3.8, 4) is 0 Å². The lowest BCUT2D eigenvalue weighted by Crippen LogP contribution is -2.48. The van der Waals surface area contributed by atoms with E-state index < -0.39 is 47.1 Å². The first-order valence-corrected chi connectivity index (χ1v) is 10.2. The number of anilines is 1. The monoisotopic (exact) mass is 491 g/mol. The van der Waals surface area contributed by atoms with Crippen molar-refractivity contribution < 1.29 is 27.2 Å². The molecule has 0 saturated carbocycles. The molecule has 5 nitrogen and oxygen atoms in total. The maximum atomic E-state index is 14.1. The minimum absolute atomic E-state index is 0.0243. The fourth-order valence-corrected chi connectivity index (χ4v) is 3.13. The maximum absolute atomic E-state index is 14.1. The molecular formula is C21H19Cl2F4N3O2. The molecule has 1 heterocycles. The topological polar surface area (TPSA) is 62.3 Å². The number of benzene rings is 1. The van der Waals surface area contributed by atoms with Gasteiger partial charge in [0.2, 0.25) is 5.91 Å². The van der Waals surface area contributed by atoms with Crippen molar-refractivity contribution in [2.24, 2.45) is 0 Å². The lowest BCUT2D eigenvalue weighted by atomic mass is 10.0. The van der Waals surface area contributed by atoms with Gasteiger partial charge in [-0.25, -0.2) is 9.37 Å². The number of carbonyl (C=O) groups excluding carboxylic acids is 2. The van der Waals surface area contributed by atoms with E-state index >= 15 is 0 Å². The third kappa shape index (κ3) is 6.43. The molecule has 2 amide bonds. The molecule has 0 aliphatic heterocycles. The van der Waals surface area contributed by atoms with Crippen molar-refractivity contribution in [2.45, 2.75) is 32.1 Å². The zero-order valence-electron chi connectivity index (χ0n) is 16.8. The zero-order chi connectivity index (χ0) is 24.1. The van der Waals surface area contributed by atoms with Crippen LogP contribution in [0.5, 0.6) is 0 Å². The van der Waals surface area contributed by atoms with Gasteiger partial charge >= 0.3 is 6.18 Å². The Bertz CT molecular complexity index is 998. The van der Waals surface area contributed by atoms with E-state index in [4.69, 9.17) is 23.2 Å². The molecule has 1 aromatic carbocycles. The number of carbonyl (C=O) groups is 2. The second kappa shape index (κ2) is 10.8. The minimum atomic E-state index is -4.52. The summed E-state index contributed by atoms with van der Waals surface area (Å²) in [5.41, 5.74) is -0.218. The molecule has 0 aliphatic rings. The number of pyridine rings is 1. The number of rotatable bonds is 8. The summed E-state index contributed by atoms with van der Waals surface area (Å²) >= 11 is 11.4. The zero-order valence-corrected chi connectivity index (χ0v) is 18.4. The third-order valence-electron chi connectivity index (χ3n) is 4.52. The first-order valence-electron chi connectivity index (χ1n) is 9.29. The van der Waals surface area contributed by atoms with E-state index in [-0.39, 0.29) is 18.0 Å². The molecule has 2 rings (SSSR count). The van der Waals surface area contributed by atoms with Crippen molar-refractivity contribution in [2.75, 3.05) is 11.2 Å². The van der Waals surface area contributed by atoms with Crippen molar-refractivity contribution in [1.29, 1.82) is 0 Å². The van der Waals surface area contributed by atoms with Gasteiger partial charge in [-0.15, -0.1) is 11.6 Å². The molecule has 0 aliphatic carbocycles. The Morgan fingerprint density at radius 2 is 1.88 bits per heavy atom. The van der Waals surface area contributed by atoms with Gasteiger partial charge in [0.15, 0.2) is 11.6 Å². The highest BCUT2D eigenvalue weighted by Crippen LogP contribution is 2.29. The van der Waals surface area contributed by atoms with Crippen LogP contribution in [-0.4, -0.2) is 33.6 Å². The average molecular weight is 492 g/mol. The number of halogens is 6. The minimum Gasteiger partial charge on any atom is -0.322 e. The molecule has 1 aromatic heterocycles. The van der Waals surface area contributed by atoms with Crippen molar-refractivity contribution in [3.05, 3.63) is 70.6 Å². The molecule has 2 aromatic rings. The quantitative estimate of drug-likeness (QED) is 0.304. The van der Waals surface area contributed by atoms with Crippen LogP contribution in [-0.2, 0) is 22.3 Å². The Hall–Kier alpha value is -2.65. The highest BCUT2D eigenvalue weighted by molar-refractivity contribution is 6.30. The molecule has 172 valence electrons. The number of alkyl halides is 4. The normalized spacial score (nSPS) is 12.2. The van der Waals surface area contributed by atoms with E-state index in [1.165, 1.54) is 12.1 Å². The van der Waals surface area contributed by atoms with E-state index in [0.29, 0.717) is 11.1 Å². The second-order valence-corrected chi connectivity index (χ2v) is 7.44. The Morgan fingerprint density at radius 3 is 2.38 bits per heavy atom. The molecule has 0 radical (unpaired) electrons. The van der Waals surface area contributed by atoms with Gasteiger partial charge in [0, 0.05) is 12.7 Å². The van der Waals surface area contributed by atoms with Crippen LogP contribution in [0, 0.1) is 5.82 Å². The number of amides is 2. The van der Waals surface area contributed by atoms with Crippen molar-refractivity contribution in [3.63, 3.8) is 0 Å². The fourth-order valence-electron chi connectivity index (χ4n) is 2.83. The standard InChI is InChI=1S/C21H19Cl2F4N3O2/c1-3-12(2)18(20(32)29-19-16(24)8-15(23)10-28-19)30(17(31)9-22)11-13-4-6-14(7-5-13)21(25,26)27/h4-8,10,18H,2-3,9,11H2,1H3,(H,28,29,32). The summed E-state index contributed by atoms with van der Waals surface area (Å²) in [5.74, 6) is -3.25. The van der Waals surface area contributed by atoms with E-state index in [0.717, 1.165) is 29.3 Å². The van der Waals surface area contributed by atoms with Gasteiger partial charge in [-0.05, 0) is 35.8 Å². The fraction of sp³-hybridized carbons (Fsp3) is 0.286. The van der Waals surface area contributed by atoms with Crippen LogP contribution in [0.4, 0.5) is 23.4 Å². The van der Waals surface area contributed by atoms with Crippen molar-refractivity contribution in [1.82, 2.24) is 9.88 Å². The number of hydrogen-bond acceptors (Lipinski definition) is 3. The first kappa shape index (κ1) is 25.6. The molecule has 1 unspecified atom stereocenters. The Kier molecular flexibility index (Phi) is 8.63. The van der Waals surface area contributed by atoms with Crippen LogP contribution in [0.3, 0.4) is 0 Å². The smallest absolute Gasteiger partial charge is 0.322 e. The summed E-state index contributed by atoms with van der Waals surface area (Å²) in [4.78, 5) is 30.3. The van der Waals surface area contributed by atoms with Gasteiger partial charge in [-0.2, -0.15) is 13.2 Å². The largest absolute Gasteiger partial charge is 0.416 e. The van der Waals surface area contributed by atoms with Gasteiger partial charge < -0.3 is 10.2 Å². The van der Waals surface area contributed by atoms with Crippen LogP contribution in [0.15, 0.2) is 48.7 Å². The third-order valence-corrected chi connectivity index (χ3v) is 4.95. The number of aromatic nitrogens is 1. The highest BCUT2D eigenvalue weighted by Gasteiger charge is 2.33. The van der Waals surface area contributed by atoms with Crippen LogP contribution in [0.25, 0.3) is 0 Å². The number of hydrogen-bond donors (Lipinski definition) is 1. The van der Waals surface area contributed by atoms with Crippen LogP contribution < -0.4 is 5.32 Å². The molecule has 0 saturated heterocycles. The van der Waals surface area contributed by atoms with E-state index in [1.54, 1.807) is 6.92 Å². The summed E-state index contributed by atoms with van der Waals surface area (Å²) in [7, 11) is 0. The maximum Gasteiger partial charge on any atom is 0.416 e. The summed E-state index contributed by atoms with van der Waals surface area (Å²) in [6, 6.07) is 3.82. The van der Waals surface area contributed by atoms with Gasteiger partial charge in [-0.1, -0.05) is 37.2 Å². The molecule has 0 bridgehead atoms. The van der Waals surface area contributed by atoms with Crippen LogP contribution >= 0.6 is 23.2 Å². The van der Waals surface area contributed by atoms with Gasteiger partial charge in [0.25, 0.3) is 5.91 Å². The molecule has 11 heteroatoms. The molecule has 32 heavy (non-hydrogen) atoms. The summed E-state index contributed by atoms with van der Waals surface area (Å²) in [5, 5.41) is 2.32. The summed E-state index contributed by atoms with van der Waals surface area (Å²) in [6.07, 6.45) is -3.10. The van der Waals surface area contributed by atoms with E-state index in [1.807, 2.05) is 0 Å². The molecule has 1 N–H and O–H groups in total. The SMILES string of the molecule is C=C(CC)C(C(=O)Nc1ncc(Cl)cc1F)N(Cc1ccc(C(F)(F)F)cc1)C(=O)CCl. The van der Waals surface area contributed by atoms with E-state index in [2.05, 4.69) is 16.9 Å². The van der Waals surface area contributed by atoms with Gasteiger partial charge in [0.05, 0.1) is 10.6 Å². The summed E-state index contributed by atoms with van der Waals surface area (Å²) in [6.45, 7) is 5.29. The van der Waals surface area contributed by atoms with Crippen LogP contribution in [0.1, 0.15) is 24.5 Å². The van der Waals surface area contributed by atoms with E-state index in [9.17, 15) is 27.2 Å². The van der Waals surface area contributed by atoms with Gasteiger partial charge in [0.1, 0.15) is 11.9 Å². The van der Waals surface area contributed by atoms with Gasteiger partial charge in [-0.3, -0.25) is 9.59 Å². The Labute approximate surface area is 192 Å². The molecule has 0 fully saturated rings. The highest BCUT2D eigenvalue weighted by atomic mass is 35.5. The Morgan fingerprint density at radius 1 is 1.25 bits per heavy atom. The first-order chi connectivity index (χ1) is 15.0. The lowest BCUT2D eigenvalue weighted by molar-refractivity contribution is -0.137. The molecular weight excluding hydrogens is 473 g/mol. The molecule has 1 atom stereocenters. The average Bonchev–Trinajstić information content (AvgIpc) is 2.74. The molecule has 0 spiro atoms. The Balaban J connectivity index is 2.37. The van der Waals surface area contributed by atoms with Crippen LogP contribution in [0.2, 0.25) is 5.02 Å². The number of nitrogens with one attached hydrogen (secondary N) is 1. The summed E-state index contributed by atoms with van der Waals surface area (Å²) < 4.78 is 52.6. The number of nitrogens with zero attached hydrogens (tertiary/aromatic N) is 2. The van der Waals surface area contributed by atoms with Crippen molar-refractivity contribution >= 4 is 40.8 Å².